The molecule has 0 aromatic carbocycles. The number of rotatable bonds is 1. The molecule has 66 valence electrons. The van der Waals surface area contributed by atoms with Gasteiger partial charge in [-0.1, -0.05) is 13.2 Å². The Morgan fingerprint density at radius 2 is 2.09 bits per heavy atom. The predicted molar refractivity (Wildman–Crippen MR) is 54.5 cm³/mol. The summed E-state index contributed by atoms with van der Waals surface area (Å²) in [6, 6.07) is 0. The first-order valence-corrected chi connectivity index (χ1v) is 6.59. The van der Waals surface area contributed by atoms with Crippen LogP contribution in [0.2, 0.25) is 0 Å². The topological polar surface area (TPSA) is 6.48 Å². The highest BCUT2D eigenvalue weighted by molar-refractivity contribution is 7.68. The fourth-order valence-electron chi connectivity index (χ4n) is 1.59. The van der Waals surface area contributed by atoms with Crippen LogP contribution in [0.5, 0.6) is 0 Å². The standard InChI is InChI=1S/C8H19N2P/c1-5-10-8-6-7-9(2)11(10,3)4/h3,5-8H2,1-2,4H3. The summed E-state index contributed by atoms with van der Waals surface area (Å²) >= 11 is 0. The molecular weight excluding hydrogens is 155 g/mol. The lowest BCUT2D eigenvalue weighted by molar-refractivity contribution is 0.356. The Kier molecular flexibility index (Phi) is 2.79. The zero-order chi connectivity index (χ0) is 8.48. The lowest BCUT2D eigenvalue weighted by atomic mass is 10.4. The molecule has 0 aliphatic carbocycles. The van der Waals surface area contributed by atoms with E-state index in [1.165, 1.54) is 19.5 Å². The molecule has 0 radical (unpaired) electrons. The maximum absolute atomic E-state index is 4.33. The second-order valence-corrected chi connectivity index (χ2v) is 6.80. The largest absolute Gasteiger partial charge is 0.275 e. The van der Waals surface area contributed by atoms with Gasteiger partial charge in [0.1, 0.15) is 0 Å². The highest BCUT2D eigenvalue weighted by atomic mass is 31.2. The van der Waals surface area contributed by atoms with E-state index in [0.29, 0.717) is 0 Å². The van der Waals surface area contributed by atoms with Gasteiger partial charge in [-0.25, -0.2) is 0 Å². The third kappa shape index (κ3) is 1.69. The van der Waals surface area contributed by atoms with E-state index in [0.717, 1.165) is 6.54 Å². The molecule has 1 saturated heterocycles. The Labute approximate surface area is 70.3 Å². The number of hydrogen-bond donors (Lipinski definition) is 0. The molecule has 3 heteroatoms. The van der Waals surface area contributed by atoms with Crippen molar-refractivity contribution < 1.29 is 0 Å². The molecule has 1 fully saturated rings. The van der Waals surface area contributed by atoms with Gasteiger partial charge in [-0.15, -0.1) is 0 Å². The van der Waals surface area contributed by atoms with Crippen LogP contribution in [0.15, 0.2) is 0 Å². The van der Waals surface area contributed by atoms with E-state index < -0.39 is 7.19 Å². The minimum absolute atomic E-state index is 1.12. The average Bonchev–Trinajstić information content (AvgIpc) is 1.95. The van der Waals surface area contributed by atoms with Crippen molar-refractivity contribution in [3.63, 3.8) is 0 Å². The molecule has 1 aliphatic rings. The molecule has 0 aromatic rings. The summed E-state index contributed by atoms with van der Waals surface area (Å²) in [4.78, 5) is 0. The molecule has 1 heterocycles. The molecule has 2 nitrogen and oxygen atoms in total. The van der Waals surface area contributed by atoms with E-state index >= 15 is 0 Å². The molecular formula is C8H19N2P. The summed E-state index contributed by atoms with van der Waals surface area (Å²) in [6.07, 6.45) is 5.63. The van der Waals surface area contributed by atoms with E-state index in [1.807, 2.05) is 0 Å². The Bertz CT molecular complexity index is 179. The van der Waals surface area contributed by atoms with Crippen molar-refractivity contribution in [2.45, 2.75) is 13.3 Å². The maximum atomic E-state index is 4.33. The smallest absolute Gasteiger partial charge is 0.00509 e. The summed E-state index contributed by atoms with van der Waals surface area (Å²) < 4.78 is 4.95. The van der Waals surface area contributed by atoms with Gasteiger partial charge in [-0.05, 0) is 20.1 Å². The Balaban J connectivity index is 2.73. The summed E-state index contributed by atoms with van der Waals surface area (Å²) in [5.41, 5.74) is 0. The van der Waals surface area contributed by atoms with E-state index in [1.54, 1.807) is 0 Å². The Hall–Kier alpha value is 0.220. The van der Waals surface area contributed by atoms with Crippen molar-refractivity contribution in [1.29, 1.82) is 0 Å². The third-order valence-electron chi connectivity index (χ3n) is 2.61. The van der Waals surface area contributed by atoms with Gasteiger partial charge >= 0.3 is 0 Å². The SMILES string of the molecule is C=P1(C)N(C)CCCN1CC. The van der Waals surface area contributed by atoms with Crippen LogP contribution in [-0.4, -0.2) is 49.0 Å². The quantitative estimate of drug-likeness (QED) is 0.556. The van der Waals surface area contributed by atoms with Crippen molar-refractivity contribution in [3.8, 4) is 0 Å². The van der Waals surface area contributed by atoms with Crippen LogP contribution in [-0.2, 0) is 0 Å². The van der Waals surface area contributed by atoms with Gasteiger partial charge in [0.05, 0.1) is 0 Å². The summed E-state index contributed by atoms with van der Waals surface area (Å²) in [6.45, 7) is 8.15. The highest BCUT2D eigenvalue weighted by Gasteiger charge is 2.24. The first-order valence-electron chi connectivity index (χ1n) is 4.27. The molecule has 1 unspecified atom stereocenters. The van der Waals surface area contributed by atoms with E-state index in [2.05, 4.69) is 36.3 Å². The fourth-order valence-corrected chi connectivity index (χ4v) is 3.78. The third-order valence-corrected chi connectivity index (χ3v) is 5.98. The maximum Gasteiger partial charge on any atom is 0.00509 e. The predicted octanol–water partition coefficient (Wildman–Crippen LogP) is 1.55. The van der Waals surface area contributed by atoms with Crippen LogP contribution in [0.1, 0.15) is 13.3 Å². The molecule has 0 spiro atoms. The van der Waals surface area contributed by atoms with Gasteiger partial charge in [-0.2, -0.15) is 0 Å². The van der Waals surface area contributed by atoms with Crippen molar-refractivity contribution in [3.05, 3.63) is 0 Å². The molecule has 0 aromatic heterocycles. The first-order chi connectivity index (χ1) is 5.09. The Morgan fingerprint density at radius 3 is 2.55 bits per heavy atom. The molecule has 0 saturated carbocycles. The van der Waals surface area contributed by atoms with Gasteiger partial charge in [0.25, 0.3) is 0 Å². The molecule has 11 heavy (non-hydrogen) atoms. The molecule has 0 amide bonds. The second kappa shape index (κ2) is 3.30. The van der Waals surface area contributed by atoms with E-state index in [-0.39, 0.29) is 0 Å². The van der Waals surface area contributed by atoms with Crippen molar-refractivity contribution in [1.82, 2.24) is 9.34 Å². The fraction of sp³-hybridized carbons (Fsp3) is 0.875. The number of nitrogens with zero attached hydrogens (tertiary/aromatic N) is 2. The second-order valence-electron chi connectivity index (χ2n) is 3.37. The molecule has 1 atom stereocenters. The first kappa shape index (κ1) is 9.31. The van der Waals surface area contributed by atoms with Crippen LogP contribution < -0.4 is 0 Å². The normalized spacial score (nSPS) is 35.9. The van der Waals surface area contributed by atoms with E-state index in [9.17, 15) is 0 Å². The lowest BCUT2D eigenvalue weighted by Gasteiger charge is -2.44. The zero-order valence-corrected chi connectivity index (χ0v) is 8.77. The van der Waals surface area contributed by atoms with Gasteiger partial charge < -0.3 is 0 Å². The molecule has 0 bridgehead atoms. The van der Waals surface area contributed by atoms with Gasteiger partial charge in [0, 0.05) is 26.8 Å². The molecule has 1 rings (SSSR count). The van der Waals surface area contributed by atoms with Gasteiger partial charge in [0.2, 0.25) is 0 Å². The van der Waals surface area contributed by atoms with Gasteiger partial charge in [-0.3, -0.25) is 9.34 Å². The van der Waals surface area contributed by atoms with Crippen LogP contribution >= 0.6 is 7.19 Å². The Morgan fingerprint density at radius 1 is 1.45 bits per heavy atom. The molecule has 0 N–H and O–H groups in total. The average molecular weight is 174 g/mol. The van der Waals surface area contributed by atoms with Crippen molar-refractivity contribution in [2.75, 3.05) is 33.3 Å². The lowest BCUT2D eigenvalue weighted by Crippen LogP contribution is -2.36. The number of hydrogen-bond acceptors (Lipinski definition) is 2. The van der Waals surface area contributed by atoms with Crippen LogP contribution in [0.3, 0.4) is 0 Å². The molecule has 1 aliphatic heterocycles. The van der Waals surface area contributed by atoms with Crippen molar-refractivity contribution in [2.24, 2.45) is 0 Å². The summed E-state index contributed by atoms with van der Waals surface area (Å²) in [5.74, 6) is 0. The minimum atomic E-state index is -1.12. The van der Waals surface area contributed by atoms with Gasteiger partial charge in [0.15, 0.2) is 0 Å². The monoisotopic (exact) mass is 174 g/mol. The van der Waals surface area contributed by atoms with E-state index in [4.69, 9.17) is 0 Å². The van der Waals surface area contributed by atoms with Crippen LogP contribution in [0, 0.1) is 0 Å². The van der Waals surface area contributed by atoms with Crippen molar-refractivity contribution >= 4 is 13.5 Å². The van der Waals surface area contributed by atoms with Crippen LogP contribution in [0.4, 0.5) is 0 Å². The summed E-state index contributed by atoms with van der Waals surface area (Å²) in [7, 11) is 1.08. The minimum Gasteiger partial charge on any atom is -0.275 e. The zero-order valence-electron chi connectivity index (χ0n) is 7.88. The highest BCUT2D eigenvalue weighted by Crippen LogP contribution is 2.49. The van der Waals surface area contributed by atoms with Crippen LogP contribution in [0.25, 0.3) is 0 Å². The summed E-state index contributed by atoms with van der Waals surface area (Å²) in [5, 5.41) is 0.